The van der Waals surface area contributed by atoms with Gasteiger partial charge in [-0.05, 0) is 55.9 Å². The Balaban J connectivity index is 2.01. The number of rotatable bonds is 1. The summed E-state index contributed by atoms with van der Waals surface area (Å²) in [6, 6.07) is 0. The molecule has 1 aliphatic carbocycles. The fourth-order valence-corrected chi connectivity index (χ4v) is 4.32. The van der Waals surface area contributed by atoms with Gasteiger partial charge in [-0.3, -0.25) is 0 Å². The van der Waals surface area contributed by atoms with Crippen LogP contribution in [0.25, 0.3) is 0 Å². The first-order chi connectivity index (χ1) is 7.54. The normalized spacial score (nSPS) is 46.7. The Hall–Kier alpha value is -0.300. The molecule has 2 aliphatic heterocycles. The molecule has 0 unspecified atom stereocenters. The predicted octanol–water partition coefficient (Wildman–Crippen LogP) is 3.94. The smallest absolute Gasteiger partial charge is 0.0927 e. The van der Waals surface area contributed by atoms with Crippen LogP contribution in [0, 0.1) is 17.8 Å². The molecule has 0 aromatic carbocycles. The molecule has 2 fully saturated rings. The van der Waals surface area contributed by atoms with Crippen molar-refractivity contribution in [2.75, 3.05) is 0 Å². The van der Waals surface area contributed by atoms with Crippen molar-refractivity contribution in [2.24, 2.45) is 17.8 Å². The Kier molecular flexibility index (Phi) is 2.27. The third-order valence-electron chi connectivity index (χ3n) is 5.41. The largest absolute Gasteiger partial charge is 0.367 e. The fraction of sp³-hybridized carbons (Fsp3) is 0.867. The van der Waals surface area contributed by atoms with Gasteiger partial charge in [0.05, 0.1) is 11.7 Å². The Bertz CT molecular complexity index is 341. The molecule has 3 rings (SSSR count). The summed E-state index contributed by atoms with van der Waals surface area (Å²) in [6.45, 7) is 9.45. The molecule has 0 aromatic heterocycles. The molecule has 1 nitrogen and oxygen atoms in total. The third-order valence-corrected chi connectivity index (χ3v) is 5.41. The lowest BCUT2D eigenvalue weighted by atomic mass is 9.79. The number of ether oxygens (including phenoxy) is 1. The molecule has 1 spiro atoms. The SMILES string of the molecule is CC1=C2C[C@H](C(C)C)[C@@H]3C[C@@H](C)[C@@]2(CC1)O3. The summed E-state index contributed by atoms with van der Waals surface area (Å²) in [5.74, 6) is 2.27. The van der Waals surface area contributed by atoms with Crippen LogP contribution in [0.4, 0.5) is 0 Å². The van der Waals surface area contributed by atoms with Gasteiger partial charge < -0.3 is 4.74 Å². The van der Waals surface area contributed by atoms with Crippen molar-refractivity contribution in [1.29, 1.82) is 0 Å². The molecule has 16 heavy (non-hydrogen) atoms. The molecule has 3 aliphatic rings. The van der Waals surface area contributed by atoms with Crippen molar-refractivity contribution < 1.29 is 4.74 Å². The van der Waals surface area contributed by atoms with Crippen LogP contribution in [0.2, 0.25) is 0 Å². The summed E-state index contributed by atoms with van der Waals surface area (Å²) < 4.78 is 6.51. The summed E-state index contributed by atoms with van der Waals surface area (Å²) >= 11 is 0. The highest BCUT2D eigenvalue weighted by atomic mass is 16.5. The second kappa shape index (κ2) is 3.35. The highest BCUT2D eigenvalue weighted by Crippen LogP contribution is 2.58. The van der Waals surface area contributed by atoms with Crippen LogP contribution >= 0.6 is 0 Å². The Morgan fingerprint density at radius 1 is 1.38 bits per heavy atom. The van der Waals surface area contributed by atoms with Gasteiger partial charge in [-0.25, -0.2) is 0 Å². The van der Waals surface area contributed by atoms with E-state index < -0.39 is 0 Å². The molecule has 90 valence electrons. The molecule has 0 amide bonds. The van der Waals surface area contributed by atoms with E-state index in [1.54, 1.807) is 11.1 Å². The minimum Gasteiger partial charge on any atom is -0.367 e. The van der Waals surface area contributed by atoms with E-state index in [4.69, 9.17) is 4.74 Å². The topological polar surface area (TPSA) is 9.23 Å². The molecule has 1 heteroatoms. The zero-order valence-electron chi connectivity index (χ0n) is 11.0. The number of allylic oxidation sites excluding steroid dienone is 1. The summed E-state index contributed by atoms with van der Waals surface area (Å²) in [7, 11) is 0. The number of hydrogen-bond donors (Lipinski definition) is 0. The van der Waals surface area contributed by atoms with E-state index in [1.807, 2.05) is 0 Å². The van der Waals surface area contributed by atoms with Crippen LogP contribution in [0.5, 0.6) is 0 Å². The van der Waals surface area contributed by atoms with Crippen molar-refractivity contribution in [3.8, 4) is 0 Å². The zero-order chi connectivity index (χ0) is 11.5. The van der Waals surface area contributed by atoms with Crippen molar-refractivity contribution in [3.05, 3.63) is 11.1 Å². The van der Waals surface area contributed by atoms with Crippen LogP contribution in [0.3, 0.4) is 0 Å². The first-order valence-electron chi connectivity index (χ1n) is 6.91. The van der Waals surface area contributed by atoms with Crippen LogP contribution in [-0.2, 0) is 4.74 Å². The van der Waals surface area contributed by atoms with Crippen molar-refractivity contribution in [1.82, 2.24) is 0 Å². The van der Waals surface area contributed by atoms with E-state index >= 15 is 0 Å². The van der Waals surface area contributed by atoms with Gasteiger partial charge in [-0.2, -0.15) is 0 Å². The van der Waals surface area contributed by atoms with Gasteiger partial charge in [0.1, 0.15) is 0 Å². The molecule has 0 N–H and O–H groups in total. The van der Waals surface area contributed by atoms with Crippen LogP contribution in [-0.4, -0.2) is 11.7 Å². The number of fused-ring (bicyclic) bond motifs is 1. The molecule has 0 saturated carbocycles. The summed E-state index contributed by atoms with van der Waals surface area (Å²) in [5.41, 5.74) is 3.51. The highest BCUT2D eigenvalue weighted by molar-refractivity contribution is 5.35. The van der Waals surface area contributed by atoms with Crippen molar-refractivity contribution in [3.63, 3.8) is 0 Å². The summed E-state index contributed by atoms with van der Waals surface area (Å²) in [6.07, 6.45) is 5.69. The average molecular weight is 220 g/mol. The summed E-state index contributed by atoms with van der Waals surface area (Å²) in [4.78, 5) is 0. The third kappa shape index (κ3) is 1.21. The van der Waals surface area contributed by atoms with E-state index in [1.165, 1.54) is 25.7 Å². The van der Waals surface area contributed by atoms with Gasteiger partial charge in [0, 0.05) is 0 Å². The standard InChI is InChI=1S/C15H24O/c1-9(2)12-8-13-10(3)5-6-15(13)11(4)7-14(12)16-15/h9,11-12,14H,5-8H2,1-4H3/t11-,12-,14+,15-/m1/s1. The maximum Gasteiger partial charge on any atom is 0.0927 e. The molecular formula is C15H24O. The molecule has 2 saturated heterocycles. The van der Waals surface area contributed by atoms with Gasteiger partial charge in [-0.15, -0.1) is 0 Å². The molecule has 4 atom stereocenters. The molecular weight excluding hydrogens is 196 g/mol. The van der Waals surface area contributed by atoms with E-state index in [-0.39, 0.29) is 5.60 Å². The lowest BCUT2D eigenvalue weighted by Crippen LogP contribution is -2.41. The Morgan fingerprint density at radius 3 is 2.81 bits per heavy atom. The molecule has 2 bridgehead atoms. The van der Waals surface area contributed by atoms with Gasteiger partial charge in [0.2, 0.25) is 0 Å². The van der Waals surface area contributed by atoms with Gasteiger partial charge in [0.25, 0.3) is 0 Å². The molecule has 0 radical (unpaired) electrons. The van der Waals surface area contributed by atoms with Gasteiger partial charge >= 0.3 is 0 Å². The Labute approximate surface area is 99.3 Å². The van der Waals surface area contributed by atoms with Crippen LogP contribution < -0.4 is 0 Å². The lowest BCUT2D eigenvalue weighted by molar-refractivity contribution is -0.0846. The van der Waals surface area contributed by atoms with E-state index in [0.717, 1.165) is 17.8 Å². The molecule has 2 heterocycles. The monoisotopic (exact) mass is 220 g/mol. The van der Waals surface area contributed by atoms with Crippen LogP contribution in [0.1, 0.15) is 53.4 Å². The van der Waals surface area contributed by atoms with E-state index in [0.29, 0.717) is 6.10 Å². The quantitative estimate of drug-likeness (QED) is 0.608. The first-order valence-corrected chi connectivity index (χ1v) is 6.91. The lowest BCUT2D eigenvalue weighted by Gasteiger charge is -2.41. The van der Waals surface area contributed by atoms with Crippen molar-refractivity contribution >= 4 is 0 Å². The maximum absolute atomic E-state index is 6.51. The minimum absolute atomic E-state index is 0.181. The second-order valence-corrected chi connectivity index (χ2v) is 6.55. The van der Waals surface area contributed by atoms with Gasteiger partial charge in [0.15, 0.2) is 0 Å². The zero-order valence-corrected chi connectivity index (χ0v) is 11.0. The van der Waals surface area contributed by atoms with E-state index in [2.05, 4.69) is 27.7 Å². The first kappa shape index (κ1) is 10.8. The summed E-state index contributed by atoms with van der Waals surface area (Å²) in [5, 5.41) is 0. The van der Waals surface area contributed by atoms with E-state index in [9.17, 15) is 0 Å². The Morgan fingerprint density at radius 2 is 2.12 bits per heavy atom. The second-order valence-electron chi connectivity index (χ2n) is 6.55. The van der Waals surface area contributed by atoms with Crippen molar-refractivity contribution in [2.45, 2.75) is 65.1 Å². The van der Waals surface area contributed by atoms with Gasteiger partial charge in [-0.1, -0.05) is 26.3 Å². The number of hydrogen-bond acceptors (Lipinski definition) is 1. The highest BCUT2D eigenvalue weighted by Gasteiger charge is 2.57. The average Bonchev–Trinajstić information content (AvgIpc) is 2.68. The maximum atomic E-state index is 6.51. The predicted molar refractivity (Wildman–Crippen MR) is 66.3 cm³/mol. The fourth-order valence-electron chi connectivity index (χ4n) is 4.32. The van der Waals surface area contributed by atoms with Crippen LogP contribution in [0.15, 0.2) is 11.1 Å². The molecule has 0 aromatic rings. The minimum atomic E-state index is 0.181.